The predicted octanol–water partition coefficient (Wildman–Crippen LogP) is 3.33. The lowest BCUT2D eigenvalue weighted by atomic mass is 9.87. The van der Waals surface area contributed by atoms with E-state index < -0.39 is 5.54 Å². The van der Waals surface area contributed by atoms with Gasteiger partial charge in [0, 0.05) is 13.2 Å². The Morgan fingerprint density at radius 2 is 1.90 bits per heavy atom. The van der Waals surface area contributed by atoms with Crippen molar-refractivity contribution in [2.45, 2.75) is 45.6 Å². The Kier molecular flexibility index (Phi) is 8.58. The fourth-order valence-electron chi connectivity index (χ4n) is 2.35. The largest absolute Gasteiger partial charge is 0.394 e. The molecule has 3 nitrogen and oxygen atoms in total. The zero-order chi connectivity index (χ0) is 15.6. The summed E-state index contributed by atoms with van der Waals surface area (Å²) < 4.78 is 5.75. The SMILES string of the molecule is CCCNC(CO)(CCOCCC(C)C)c1ccccc1. The van der Waals surface area contributed by atoms with Crippen LogP contribution in [0.4, 0.5) is 0 Å². The third-order valence-electron chi connectivity index (χ3n) is 3.82. The van der Waals surface area contributed by atoms with Crippen molar-refractivity contribution in [3.05, 3.63) is 35.9 Å². The van der Waals surface area contributed by atoms with Crippen LogP contribution in [0, 0.1) is 5.92 Å². The quantitative estimate of drug-likeness (QED) is 0.615. The molecule has 0 saturated heterocycles. The van der Waals surface area contributed by atoms with E-state index in [-0.39, 0.29) is 6.61 Å². The molecule has 1 aromatic rings. The number of nitrogens with one attached hydrogen (secondary N) is 1. The summed E-state index contributed by atoms with van der Waals surface area (Å²) >= 11 is 0. The van der Waals surface area contributed by atoms with E-state index in [4.69, 9.17) is 4.74 Å². The lowest BCUT2D eigenvalue weighted by molar-refractivity contribution is 0.0739. The highest BCUT2D eigenvalue weighted by Crippen LogP contribution is 2.25. The second kappa shape index (κ2) is 9.93. The van der Waals surface area contributed by atoms with Crippen molar-refractivity contribution in [3.8, 4) is 0 Å². The van der Waals surface area contributed by atoms with E-state index in [1.165, 1.54) is 0 Å². The maximum atomic E-state index is 9.98. The van der Waals surface area contributed by atoms with E-state index >= 15 is 0 Å². The Morgan fingerprint density at radius 1 is 1.19 bits per heavy atom. The van der Waals surface area contributed by atoms with Crippen LogP contribution in [-0.2, 0) is 10.3 Å². The van der Waals surface area contributed by atoms with Gasteiger partial charge in [-0.3, -0.25) is 0 Å². The van der Waals surface area contributed by atoms with Gasteiger partial charge >= 0.3 is 0 Å². The van der Waals surface area contributed by atoms with E-state index in [0.717, 1.165) is 38.0 Å². The van der Waals surface area contributed by atoms with E-state index in [9.17, 15) is 5.11 Å². The van der Waals surface area contributed by atoms with Crippen LogP contribution < -0.4 is 5.32 Å². The Labute approximate surface area is 129 Å². The highest BCUT2D eigenvalue weighted by Gasteiger charge is 2.30. The molecule has 0 amide bonds. The van der Waals surface area contributed by atoms with Gasteiger partial charge in [0.05, 0.1) is 12.1 Å². The summed E-state index contributed by atoms with van der Waals surface area (Å²) in [6.07, 6.45) is 2.91. The molecule has 0 spiro atoms. The number of hydrogen-bond acceptors (Lipinski definition) is 3. The summed E-state index contributed by atoms with van der Waals surface area (Å²) in [5, 5.41) is 13.5. The summed E-state index contributed by atoms with van der Waals surface area (Å²) in [5.74, 6) is 0.667. The average molecular weight is 293 g/mol. The van der Waals surface area contributed by atoms with Crippen LogP contribution in [0.1, 0.15) is 45.6 Å². The normalized spacial score (nSPS) is 14.3. The summed E-state index contributed by atoms with van der Waals surface area (Å²) in [4.78, 5) is 0. The molecule has 3 heteroatoms. The Bertz CT molecular complexity index is 367. The van der Waals surface area contributed by atoms with E-state index in [1.807, 2.05) is 18.2 Å². The Hall–Kier alpha value is -0.900. The predicted molar refractivity (Wildman–Crippen MR) is 88.4 cm³/mol. The number of hydrogen-bond donors (Lipinski definition) is 2. The van der Waals surface area contributed by atoms with Gasteiger partial charge < -0.3 is 15.2 Å². The summed E-state index contributed by atoms with van der Waals surface area (Å²) in [6, 6.07) is 10.2. The van der Waals surface area contributed by atoms with Gasteiger partial charge in [-0.1, -0.05) is 51.1 Å². The standard InChI is InChI=1S/C18H31NO2/c1-4-12-19-18(15-20,17-8-6-5-7-9-17)11-14-21-13-10-16(2)3/h5-9,16,19-20H,4,10-15H2,1-3H3. The van der Waals surface area contributed by atoms with Gasteiger partial charge in [-0.05, 0) is 37.3 Å². The fraction of sp³-hybridized carbons (Fsp3) is 0.667. The van der Waals surface area contributed by atoms with E-state index in [1.54, 1.807) is 0 Å². The molecule has 1 rings (SSSR count). The van der Waals surface area contributed by atoms with Crippen molar-refractivity contribution >= 4 is 0 Å². The van der Waals surface area contributed by atoms with Gasteiger partial charge in [0.15, 0.2) is 0 Å². The topological polar surface area (TPSA) is 41.5 Å². The van der Waals surface area contributed by atoms with Crippen molar-refractivity contribution in [3.63, 3.8) is 0 Å². The zero-order valence-corrected chi connectivity index (χ0v) is 13.8. The first-order valence-electron chi connectivity index (χ1n) is 8.13. The van der Waals surface area contributed by atoms with Crippen LogP contribution in [0.5, 0.6) is 0 Å². The third-order valence-corrected chi connectivity index (χ3v) is 3.82. The highest BCUT2D eigenvalue weighted by molar-refractivity contribution is 5.24. The molecule has 0 aliphatic heterocycles. The molecule has 21 heavy (non-hydrogen) atoms. The molecule has 0 bridgehead atoms. The summed E-state index contributed by atoms with van der Waals surface area (Å²) in [5.41, 5.74) is 0.739. The first kappa shape index (κ1) is 18.1. The minimum atomic E-state index is -0.394. The molecule has 0 fully saturated rings. The van der Waals surface area contributed by atoms with Crippen molar-refractivity contribution in [2.75, 3.05) is 26.4 Å². The number of aliphatic hydroxyl groups is 1. The van der Waals surface area contributed by atoms with Gasteiger partial charge in [0.25, 0.3) is 0 Å². The maximum Gasteiger partial charge on any atom is 0.0691 e. The first-order valence-corrected chi connectivity index (χ1v) is 8.13. The van der Waals surface area contributed by atoms with Crippen LogP contribution >= 0.6 is 0 Å². The van der Waals surface area contributed by atoms with E-state index in [2.05, 4.69) is 38.2 Å². The van der Waals surface area contributed by atoms with Gasteiger partial charge in [-0.2, -0.15) is 0 Å². The molecule has 1 aromatic carbocycles. The molecule has 0 aliphatic rings. The minimum Gasteiger partial charge on any atom is -0.394 e. The van der Waals surface area contributed by atoms with Crippen molar-refractivity contribution in [1.29, 1.82) is 0 Å². The molecule has 0 aromatic heterocycles. The summed E-state index contributed by atoms with van der Waals surface area (Å²) in [6.45, 7) is 8.98. The number of ether oxygens (including phenoxy) is 1. The van der Waals surface area contributed by atoms with Crippen molar-refractivity contribution in [1.82, 2.24) is 5.32 Å². The smallest absolute Gasteiger partial charge is 0.0691 e. The minimum absolute atomic E-state index is 0.0879. The summed E-state index contributed by atoms with van der Waals surface area (Å²) in [7, 11) is 0. The van der Waals surface area contributed by atoms with Crippen LogP contribution in [0.25, 0.3) is 0 Å². The molecule has 0 radical (unpaired) electrons. The molecule has 0 aliphatic carbocycles. The van der Waals surface area contributed by atoms with Crippen LogP contribution in [0.15, 0.2) is 30.3 Å². The first-order chi connectivity index (χ1) is 10.1. The molecule has 1 atom stereocenters. The Balaban J connectivity index is 2.63. The van der Waals surface area contributed by atoms with Gasteiger partial charge in [0.2, 0.25) is 0 Å². The molecule has 0 saturated carbocycles. The molecule has 2 N–H and O–H groups in total. The van der Waals surface area contributed by atoms with Crippen LogP contribution in [-0.4, -0.2) is 31.5 Å². The zero-order valence-electron chi connectivity index (χ0n) is 13.8. The average Bonchev–Trinajstić information content (AvgIpc) is 2.51. The Morgan fingerprint density at radius 3 is 2.48 bits per heavy atom. The number of rotatable bonds is 11. The van der Waals surface area contributed by atoms with Gasteiger partial charge in [-0.25, -0.2) is 0 Å². The van der Waals surface area contributed by atoms with Gasteiger partial charge in [0.1, 0.15) is 0 Å². The maximum absolute atomic E-state index is 9.98. The van der Waals surface area contributed by atoms with Crippen molar-refractivity contribution in [2.24, 2.45) is 5.92 Å². The molecular formula is C18H31NO2. The second-order valence-corrected chi connectivity index (χ2v) is 6.08. The van der Waals surface area contributed by atoms with Gasteiger partial charge in [-0.15, -0.1) is 0 Å². The number of aliphatic hydroxyl groups excluding tert-OH is 1. The molecule has 1 unspecified atom stereocenters. The second-order valence-electron chi connectivity index (χ2n) is 6.08. The highest BCUT2D eigenvalue weighted by atomic mass is 16.5. The van der Waals surface area contributed by atoms with Crippen LogP contribution in [0.3, 0.4) is 0 Å². The fourth-order valence-corrected chi connectivity index (χ4v) is 2.35. The lowest BCUT2D eigenvalue weighted by Crippen LogP contribution is -2.47. The van der Waals surface area contributed by atoms with Crippen molar-refractivity contribution < 1.29 is 9.84 Å². The molecule has 120 valence electrons. The number of benzene rings is 1. The monoisotopic (exact) mass is 293 g/mol. The molecular weight excluding hydrogens is 262 g/mol. The lowest BCUT2D eigenvalue weighted by Gasteiger charge is -2.34. The van der Waals surface area contributed by atoms with E-state index in [0.29, 0.717) is 12.5 Å². The third kappa shape index (κ3) is 6.16. The van der Waals surface area contributed by atoms with Crippen LogP contribution in [0.2, 0.25) is 0 Å². The molecule has 0 heterocycles.